The van der Waals surface area contributed by atoms with Crippen molar-refractivity contribution in [3.63, 3.8) is 0 Å². The first kappa shape index (κ1) is 11.6. The molecule has 4 heteroatoms. The molecule has 0 fully saturated rings. The minimum atomic E-state index is -0.863. The Kier molecular flexibility index (Phi) is 2.85. The Labute approximate surface area is 110 Å². The highest BCUT2D eigenvalue weighted by Crippen LogP contribution is 2.25. The monoisotopic (exact) mass is 251 g/mol. The van der Waals surface area contributed by atoms with Gasteiger partial charge in [-0.25, -0.2) is 9.97 Å². The molecule has 2 aromatic heterocycles. The summed E-state index contributed by atoms with van der Waals surface area (Å²) in [4.78, 5) is 8.44. The van der Waals surface area contributed by atoms with E-state index in [1.807, 2.05) is 30.3 Å². The second-order valence-electron chi connectivity index (χ2n) is 4.31. The minimum Gasteiger partial charge on any atom is -0.383 e. The number of nitrogen functional groups attached to an aromatic ring is 1. The van der Waals surface area contributed by atoms with E-state index in [1.165, 1.54) is 0 Å². The van der Waals surface area contributed by atoms with Gasteiger partial charge in [0.05, 0.1) is 11.2 Å². The van der Waals surface area contributed by atoms with E-state index < -0.39 is 6.10 Å². The Hall–Kier alpha value is -2.46. The zero-order valence-electron chi connectivity index (χ0n) is 10.2. The Bertz CT molecular complexity index is 727. The first-order valence-electron chi connectivity index (χ1n) is 6.00. The van der Waals surface area contributed by atoms with Crippen LogP contribution in [0.5, 0.6) is 0 Å². The van der Waals surface area contributed by atoms with Gasteiger partial charge in [-0.05, 0) is 18.2 Å². The number of anilines is 1. The summed E-state index contributed by atoms with van der Waals surface area (Å²) < 4.78 is 0. The van der Waals surface area contributed by atoms with Crippen LogP contribution in [0.1, 0.15) is 17.4 Å². The van der Waals surface area contributed by atoms with Gasteiger partial charge in [0.2, 0.25) is 0 Å². The average molecular weight is 251 g/mol. The molecule has 2 heterocycles. The summed E-state index contributed by atoms with van der Waals surface area (Å²) in [7, 11) is 0. The zero-order chi connectivity index (χ0) is 13.2. The molecule has 0 amide bonds. The van der Waals surface area contributed by atoms with Crippen LogP contribution in [-0.2, 0) is 0 Å². The van der Waals surface area contributed by atoms with Gasteiger partial charge < -0.3 is 10.8 Å². The van der Waals surface area contributed by atoms with Crippen molar-refractivity contribution in [3.8, 4) is 0 Å². The third-order valence-corrected chi connectivity index (χ3v) is 3.07. The lowest BCUT2D eigenvalue weighted by atomic mass is 10.1. The van der Waals surface area contributed by atoms with Crippen molar-refractivity contribution < 1.29 is 5.11 Å². The van der Waals surface area contributed by atoms with Crippen LogP contribution in [0.4, 0.5) is 5.82 Å². The highest BCUT2D eigenvalue weighted by molar-refractivity contribution is 5.78. The van der Waals surface area contributed by atoms with Crippen LogP contribution in [0.25, 0.3) is 10.9 Å². The Balaban J connectivity index is 2.07. The number of fused-ring (bicyclic) bond motifs is 1. The highest BCUT2D eigenvalue weighted by Gasteiger charge is 2.15. The molecule has 0 radical (unpaired) electrons. The molecule has 3 aromatic rings. The predicted molar refractivity (Wildman–Crippen MR) is 74.5 cm³/mol. The zero-order valence-corrected chi connectivity index (χ0v) is 10.2. The molecular weight excluding hydrogens is 238 g/mol. The van der Waals surface area contributed by atoms with Gasteiger partial charge in [-0.1, -0.05) is 30.3 Å². The SMILES string of the molecule is Nc1ncccc1C(O)c1ccc2ccccc2n1. The number of nitrogens with zero attached hydrogens (tertiary/aromatic N) is 2. The topological polar surface area (TPSA) is 72.0 Å². The molecule has 0 bridgehead atoms. The van der Waals surface area contributed by atoms with Crippen molar-refractivity contribution in [2.45, 2.75) is 6.10 Å². The molecule has 0 saturated carbocycles. The number of pyridine rings is 2. The number of hydrogen-bond donors (Lipinski definition) is 2. The summed E-state index contributed by atoms with van der Waals surface area (Å²) in [5.74, 6) is 0.324. The quantitative estimate of drug-likeness (QED) is 0.733. The molecule has 0 aliphatic rings. The number of rotatable bonds is 2. The molecule has 4 nitrogen and oxygen atoms in total. The summed E-state index contributed by atoms with van der Waals surface area (Å²) in [6, 6.07) is 15.0. The predicted octanol–water partition coefficient (Wildman–Crippen LogP) is 2.29. The first-order chi connectivity index (χ1) is 9.25. The van der Waals surface area contributed by atoms with Crippen LogP contribution < -0.4 is 5.73 Å². The van der Waals surface area contributed by atoms with Gasteiger partial charge in [0.1, 0.15) is 11.9 Å². The van der Waals surface area contributed by atoms with Gasteiger partial charge >= 0.3 is 0 Å². The van der Waals surface area contributed by atoms with E-state index in [4.69, 9.17) is 5.73 Å². The summed E-state index contributed by atoms with van der Waals surface area (Å²) in [5, 5.41) is 11.4. The number of aliphatic hydroxyl groups excluding tert-OH is 1. The van der Waals surface area contributed by atoms with Gasteiger partial charge in [0.25, 0.3) is 0 Å². The van der Waals surface area contributed by atoms with Gasteiger partial charge in [-0.3, -0.25) is 0 Å². The fourth-order valence-electron chi connectivity index (χ4n) is 2.05. The molecule has 0 saturated heterocycles. The van der Waals surface area contributed by atoms with Crippen molar-refractivity contribution in [1.82, 2.24) is 9.97 Å². The van der Waals surface area contributed by atoms with Gasteiger partial charge in [0.15, 0.2) is 0 Å². The van der Waals surface area contributed by atoms with Crippen LogP contribution in [0.2, 0.25) is 0 Å². The van der Waals surface area contributed by atoms with Crippen molar-refractivity contribution in [3.05, 3.63) is 66.0 Å². The molecule has 1 aromatic carbocycles. The number of aliphatic hydroxyl groups is 1. The van der Waals surface area contributed by atoms with E-state index in [0.717, 1.165) is 10.9 Å². The van der Waals surface area contributed by atoms with E-state index in [1.54, 1.807) is 24.4 Å². The lowest BCUT2D eigenvalue weighted by molar-refractivity contribution is 0.216. The number of nitrogens with two attached hydrogens (primary N) is 1. The van der Waals surface area contributed by atoms with Gasteiger partial charge in [-0.2, -0.15) is 0 Å². The first-order valence-corrected chi connectivity index (χ1v) is 6.00. The van der Waals surface area contributed by atoms with Gasteiger partial charge in [0, 0.05) is 17.1 Å². The molecule has 0 aliphatic heterocycles. The minimum absolute atomic E-state index is 0.324. The molecule has 94 valence electrons. The van der Waals surface area contributed by atoms with Crippen molar-refractivity contribution in [2.24, 2.45) is 0 Å². The normalized spacial score (nSPS) is 12.5. The van der Waals surface area contributed by atoms with Crippen molar-refractivity contribution in [2.75, 3.05) is 5.73 Å². The smallest absolute Gasteiger partial charge is 0.129 e. The molecule has 3 N–H and O–H groups in total. The lowest BCUT2D eigenvalue weighted by Crippen LogP contribution is -2.06. The van der Waals surface area contributed by atoms with Crippen LogP contribution in [0, 0.1) is 0 Å². The standard InChI is InChI=1S/C15H13N3O/c16-15-11(5-3-9-17-15)14(19)13-8-7-10-4-1-2-6-12(10)18-13/h1-9,14,19H,(H2,16,17). The maximum absolute atomic E-state index is 10.3. The maximum atomic E-state index is 10.3. The largest absolute Gasteiger partial charge is 0.383 e. The van der Waals surface area contributed by atoms with Crippen LogP contribution in [-0.4, -0.2) is 15.1 Å². The molecule has 1 atom stereocenters. The number of hydrogen-bond acceptors (Lipinski definition) is 4. The number of aromatic nitrogens is 2. The van der Waals surface area contributed by atoms with Gasteiger partial charge in [-0.15, -0.1) is 0 Å². The van der Waals surface area contributed by atoms with Crippen LogP contribution in [0.3, 0.4) is 0 Å². The number of para-hydroxylation sites is 1. The molecule has 0 aliphatic carbocycles. The van der Waals surface area contributed by atoms with Crippen LogP contribution in [0.15, 0.2) is 54.7 Å². The summed E-state index contributed by atoms with van der Waals surface area (Å²) >= 11 is 0. The fourth-order valence-corrected chi connectivity index (χ4v) is 2.05. The number of benzene rings is 1. The lowest BCUT2D eigenvalue weighted by Gasteiger charge is -2.12. The van der Waals surface area contributed by atoms with E-state index in [-0.39, 0.29) is 0 Å². The van der Waals surface area contributed by atoms with E-state index in [9.17, 15) is 5.11 Å². The molecular formula is C15H13N3O. The Morgan fingerprint density at radius 3 is 2.68 bits per heavy atom. The fraction of sp³-hybridized carbons (Fsp3) is 0.0667. The second kappa shape index (κ2) is 4.66. The average Bonchev–Trinajstić information content (AvgIpc) is 2.46. The Morgan fingerprint density at radius 2 is 1.84 bits per heavy atom. The maximum Gasteiger partial charge on any atom is 0.129 e. The summed E-state index contributed by atoms with van der Waals surface area (Å²) in [6.45, 7) is 0. The Morgan fingerprint density at radius 1 is 1.00 bits per heavy atom. The summed E-state index contributed by atoms with van der Waals surface area (Å²) in [6.07, 6.45) is 0.734. The van der Waals surface area contributed by atoms with Crippen molar-refractivity contribution in [1.29, 1.82) is 0 Å². The molecule has 19 heavy (non-hydrogen) atoms. The second-order valence-corrected chi connectivity index (χ2v) is 4.31. The van der Waals surface area contributed by atoms with E-state index in [0.29, 0.717) is 17.1 Å². The van der Waals surface area contributed by atoms with E-state index >= 15 is 0 Å². The third kappa shape index (κ3) is 2.13. The molecule has 0 spiro atoms. The van der Waals surface area contributed by atoms with Crippen molar-refractivity contribution >= 4 is 16.7 Å². The third-order valence-electron chi connectivity index (χ3n) is 3.07. The molecule has 1 unspecified atom stereocenters. The summed E-state index contributed by atoms with van der Waals surface area (Å²) in [5.41, 5.74) is 7.76. The highest BCUT2D eigenvalue weighted by atomic mass is 16.3. The van der Waals surface area contributed by atoms with E-state index in [2.05, 4.69) is 9.97 Å². The van der Waals surface area contributed by atoms with Crippen LogP contribution >= 0.6 is 0 Å². The molecule has 3 rings (SSSR count).